The van der Waals surface area contributed by atoms with E-state index in [0.717, 1.165) is 26.0 Å². The molecule has 2 heteroatoms. The maximum Gasteiger partial charge on any atom is 0.0770 e. The van der Waals surface area contributed by atoms with E-state index in [1.807, 2.05) is 0 Å². The van der Waals surface area contributed by atoms with Crippen molar-refractivity contribution in [2.45, 2.75) is 51.7 Å². The van der Waals surface area contributed by atoms with Crippen molar-refractivity contribution in [1.82, 2.24) is 5.32 Å². The van der Waals surface area contributed by atoms with Crippen molar-refractivity contribution in [3.8, 4) is 0 Å². The molecule has 18 heavy (non-hydrogen) atoms. The third kappa shape index (κ3) is 3.33. The van der Waals surface area contributed by atoms with Gasteiger partial charge in [0.2, 0.25) is 0 Å². The first-order valence-electron chi connectivity index (χ1n) is 7.29. The van der Waals surface area contributed by atoms with Gasteiger partial charge in [-0.3, -0.25) is 0 Å². The molecule has 1 fully saturated rings. The summed E-state index contributed by atoms with van der Waals surface area (Å²) in [6, 6.07) is 9.36. The number of hydrogen-bond donors (Lipinski definition) is 1. The second kappa shape index (κ2) is 6.91. The molecule has 0 aromatic heterocycles. The van der Waals surface area contributed by atoms with Crippen LogP contribution in [0.15, 0.2) is 24.3 Å². The number of nitrogens with one attached hydrogen (secondary N) is 1. The second-order valence-corrected chi connectivity index (χ2v) is 5.08. The minimum atomic E-state index is 0.351. The van der Waals surface area contributed by atoms with Crippen molar-refractivity contribution in [2.75, 3.05) is 13.2 Å². The third-order valence-corrected chi connectivity index (χ3v) is 3.70. The summed E-state index contributed by atoms with van der Waals surface area (Å²) in [6.07, 6.45) is 4.99. The molecule has 0 saturated carbocycles. The lowest BCUT2D eigenvalue weighted by Gasteiger charge is -2.25. The summed E-state index contributed by atoms with van der Waals surface area (Å²) in [4.78, 5) is 0. The van der Waals surface area contributed by atoms with E-state index < -0.39 is 0 Å². The van der Waals surface area contributed by atoms with Crippen LogP contribution in [0.5, 0.6) is 0 Å². The van der Waals surface area contributed by atoms with E-state index in [4.69, 9.17) is 4.74 Å². The summed E-state index contributed by atoms with van der Waals surface area (Å²) >= 11 is 0. The molecule has 0 radical (unpaired) electrons. The Morgan fingerprint density at radius 2 is 2.06 bits per heavy atom. The molecule has 0 bridgehead atoms. The Balaban J connectivity index is 2.10. The van der Waals surface area contributed by atoms with E-state index in [9.17, 15) is 0 Å². The molecule has 1 heterocycles. The molecular weight excluding hydrogens is 222 g/mol. The highest BCUT2D eigenvalue weighted by Gasteiger charge is 2.26. The fraction of sp³-hybridized carbons (Fsp3) is 0.625. The first kappa shape index (κ1) is 13.6. The van der Waals surface area contributed by atoms with Crippen LogP contribution in [0, 0.1) is 0 Å². The molecule has 2 atom stereocenters. The Morgan fingerprint density at radius 3 is 2.61 bits per heavy atom. The molecule has 1 saturated heterocycles. The lowest BCUT2D eigenvalue weighted by Crippen LogP contribution is -2.32. The maximum absolute atomic E-state index is 5.86. The number of hydrogen-bond acceptors (Lipinski definition) is 2. The predicted molar refractivity (Wildman–Crippen MR) is 75.8 cm³/mol. The third-order valence-electron chi connectivity index (χ3n) is 3.70. The second-order valence-electron chi connectivity index (χ2n) is 5.08. The minimum absolute atomic E-state index is 0.351. The van der Waals surface area contributed by atoms with Crippen LogP contribution in [0.1, 0.15) is 50.3 Å². The molecule has 2 rings (SSSR count). The molecule has 1 aromatic carbocycles. The largest absolute Gasteiger partial charge is 0.376 e. The monoisotopic (exact) mass is 247 g/mol. The highest BCUT2D eigenvalue weighted by Crippen LogP contribution is 2.27. The molecule has 1 aromatic rings. The van der Waals surface area contributed by atoms with Gasteiger partial charge < -0.3 is 10.1 Å². The van der Waals surface area contributed by atoms with Crippen molar-refractivity contribution < 1.29 is 4.74 Å². The number of rotatable bonds is 6. The van der Waals surface area contributed by atoms with Gasteiger partial charge in [-0.15, -0.1) is 0 Å². The highest BCUT2D eigenvalue weighted by molar-refractivity contribution is 5.26. The SMILES string of the molecule is CCCNC(c1ccc(CC)cc1)C1CCCO1. The summed E-state index contributed by atoms with van der Waals surface area (Å²) < 4.78 is 5.86. The zero-order valence-corrected chi connectivity index (χ0v) is 11.6. The van der Waals surface area contributed by atoms with Gasteiger partial charge in [0.1, 0.15) is 0 Å². The number of ether oxygens (including phenoxy) is 1. The van der Waals surface area contributed by atoms with E-state index in [1.165, 1.54) is 24.0 Å². The van der Waals surface area contributed by atoms with Crippen LogP contribution in [0.2, 0.25) is 0 Å². The summed E-state index contributed by atoms with van der Waals surface area (Å²) in [6.45, 7) is 6.38. The van der Waals surface area contributed by atoms with Crippen molar-refractivity contribution in [2.24, 2.45) is 0 Å². The summed E-state index contributed by atoms with van der Waals surface area (Å²) in [7, 11) is 0. The van der Waals surface area contributed by atoms with Gasteiger partial charge in [0.15, 0.2) is 0 Å². The van der Waals surface area contributed by atoms with Crippen LogP contribution in [0.25, 0.3) is 0 Å². The van der Waals surface area contributed by atoms with Crippen LogP contribution in [0.4, 0.5) is 0 Å². The van der Waals surface area contributed by atoms with Crippen LogP contribution in [-0.4, -0.2) is 19.3 Å². The van der Waals surface area contributed by atoms with Crippen molar-refractivity contribution in [3.63, 3.8) is 0 Å². The zero-order valence-electron chi connectivity index (χ0n) is 11.6. The fourth-order valence-electron chi connectivity index (χ4n) is 2.59. The number of benzene rings is 1. The lowest BCUT2D eigenvalue weighted by atomic mass is 9.97. The molecule has 0 aliphatic carbocycles. The van der Waals surface area contributed by atoms with E-state index in [0.29, 0.717) is 12.1 Å². The quantitative estimate of drug-likeness (QED) is 0.831. The van der Waals surface area contributed by atoms with Crippen molar-refractivity contribution in [3.05, 3.63) is 35.4 Å². The van der Waals surface area contributed by atoms with E-state index in [2.05, 4.69) is 43.4 Å². The smallest absolute Gasteiger partial charge is 0.0770 e. The topological polar surface area (TPSA) is 21.3 Å². The van der Waals surface area contributed by atoms with Crippen molar-refractivity contribution in [1.29, 1.82) is 0 Å². The van der Waals surface area contributed by atoms with Gasteiger partial charge in [-0.1, -0.05) is 38.1 Å². The van der Waals surface area contributed by atoms with Gasteiger partial charge in [-0.05, 0) is 43.4 Å². The van der Waals surface area contributed by atoms with Crippen LogP contribution in [0.3, 0.4) is 0 Å². The standard InChI is InChI=1S/C16H25NO/c1-3-11-17-16(15-6-5-12-18-15)14-9-7-13(4-2)8-10-14/h7-10,15-17H,3-6,11-12H2,1-2H3. The van der Waals surface area contributed by atoms with E-state index in [-0.39, 0.29) is 0 Å². The molecule has 2 unspecified atom stereocenters. The molecule has 0 amide bonds. The average Bonchev–Trinajstić information content (AvgIpc) is 2.94. The summed E-state index contributed by atoms with van der Waals surface area (Å²) in [5, 5.41) is 3.64. The van der Waals surface area contributed by atoms with Gasteiger partial charge >= 0.3 is 0 Å². The Labute approximate surface area is 111 Å². The molecule has 0 spiro atoms. The minimum Gasteiger partial charge on any atom is -0.376 e. The lowest BCUT2D eigenvalue weighted by molar-refractivity contribution is 0.0783. The van der Waals surface area contributed by atoms with Crippen LogP contribution >= 0.6 is 0 Å². The predicted octanol–water partition coefficient (Wildman–Crippen LogP) is 3.47. The van der Waals surface area contributed by atoms with Crippen LogP contribution < -0.4 is 5.32 Å². The Kier molecular flexibility index (Phi) is 5.21. The average molecular weight is 247 g/mol. The fourth-order valence-corrected chi connectivity index (χ4v) is 2.59. The molecule has 1 aliphatic heterocycles. The highest BCUT2D eigenvalue weighted by atomic mass is 16.5. The Morgan fingerprint density at radius 1 is 1.28 bits per heavy atom. The van der Waals surface area contributed by atoms with Crippen molar-refractivity contribution >= 4 is 0 Å². The van der Waals surface area contributed by atoms with E-state index in [1.54, 1.807) is 0 Å². The maximum atomic E-state index is 5.86. The molecule has 100 valence electrons. The summed E-state index contributed by atoms with van der Waals surface area (Å²) in [5.74, 6) is 0. The van der Waals surface area contributed by atoms with Crippen LogP contribution in [-0.2, 0) is 11.2 Å². The first-order valence-corrected chi connectivity index (χ1v) is 7.29. The Hall–Kier alpha value is -0.860. The molecule has 2 nitrogen and oxygen atoms in total. The van der Waals surface area contributed by atoms with Gasteiger partial charge in [0, 0.05) is 6.61 Å². The summed E-state index contributed by atoms with van der Waals surface area (Å²) in [5.41, 5.74) is 2.77. The van der Waals surface area contributed by atoms with Gasteiger partial charge in [0.25, 0.3) is 0 Å². The van der Waals surface area contributed by atoms with E-state index >= 15 is 0 Å². The molecule has 1 aliphatic rings. The first-order chi connectivity index (χ1) is 8.85. The number of aryl methyl sites for hydroxylation is 1. The van der Waals surface area contributed by atoms with Gasteiger partial charge in [-0.2, -0.15) is 0 Å². The normalized spacial score (nSPS) is 21.1. The van der Waals surface area contributed by atoms with Gasteiger partial charge in [-0.25, -0.2) is 0 Å². The Bertz CT molecular complexity index is 341. The van der Waals surface area contributed by atoms with Gasteiger partial charge in [0.05, 0.1) is 12.1 Å². The molecule has 1 N–H and O–H groups in total. The molecular formula is C16H25NO. The zero-order chi connectivity index (χ0) is 12.8.